The molecule has 0 saturated carbocycles. The third-order valence-electron chi connectivity index (χ3n) is 12.4. The van der Waals surface area contributed by atoms with Crippen molar-refractivity contribution >= 4 is 34.1 Å². The van der Waals surface area contributed by atoms with Crippen LogP contribution >= 0.6 is 0 Å². The Labute approximate surface area is 340 Å². The third-order valence-corrected chi connectivity index (χ3v) is 12.4. The highest BCUT2D eigenvalue weighted by Gasteiger charge is 2.51. The van der Waals surface area contributed by atoms with Crippen LogP contribution in [0, 0.1) is 0 Å². The van der Waals surface area contributed by atoms with Crippen molar-refractivity contribution in [2.45, 2.75) is 10.8 Å². The topological polar surface area (TPSA) is 6.48 Å². The van der Waals surface area contributed by atoms with E-state index in [4.69, 9.17) is 0 Å². The molecular formula is C56H40N2. The number of nitrogens with zero attached hydrogens (tertiary/aromatic N) is 2. The summed E-state index contributed by atoms with van der Waals surface area (Å²) in [6.07, 6.45) is 0. The summed E-state index contributed by atoms with van der Waals surface area (Å²) in [4.78, 5) is 5.01. The molecule has 0 spiro atoms. The van der Waals surface area contributed by atoms with Gasteiger partial charge in [-0.05, 0) is 93.0 Å². The zero-order valence-electron chi connectivity index (χ0n) is 32.0. The van der Waals surface area contributed by atoms with E-state index in [9.17, 15) is 0 Å². The van der Waals surface area contributed by atoms with Gasteiger partial charge in [-0.1, -0.05) is 194 Å². The summed E-state index contributed by atoms with van der Waals surface area (Å²) in [7, 11) is 0. The van der Waals surface area contributed by atoms with Gasteiger partial charge in [0.1, 0.15) is 0 Å². The molecule has 0 atom stereocenters. The van der Waals surface area contributed by atoms with Gasteiger partial charge in [0.2, 0.25) is 0 Å². The molecule has 0 aliphatic carbocycles. The Morgan fingerprint density at radius 1 is 0.224 bits per heavy atom. The van der Waals surface area contributed by atoms with Gasteiger partial charge in [0.05, 0.1) is 33.6 Å². The Kier molecular flexibility index (Phi) is 7.97. The molecule has 0 saturated heterocycles. The maximum Gasteiger partial charge on any atom is 0.0743 e. The van der Waals surface area contributed by atoms with Crippen molar-refractivity contribution in [1.82, 2.24) is 0 Å². The van der Waals surface area contributed by atoms with E-state index in [0.717, 1.165) is 34.1 Å². The van der Waals surface area contributed by atoms with E-state index in [1.807, 2.05) is 0 Å². The molecule has 0 amide bonds. The lowest BCUT2D eigenvalue weighted by Crippen LogP contribution is -2.41. The van der Waals surface area contributed by atoms with Crippen LogP contribution in [0.5, 0.6) is 0 Å². The number of fused-ring (bicyclic) bond motifs is 4. The van der Waals surface area contributed by atoms with Crippen LogP contribution in [-0.4, -0.2) is 0 Å². The van der Waals surface area contributed by atoms with Crippen molar-refractivity contribution in [1.29, 1.82) is 0 Å². The Morgan fingerprint density at radius 3 is 0.793 bits per heavy atom. The summed E-state index contributed by atoms with van der Waals surface area (Å²) in [5, 5.41) is 0. The zero-order chi connectivity index (χ0) is 38.5. The average molecular weight is 741 g/mol. The summed E-state index contributed by atoms with van der Waals surface area (Å²) >= 11 is 0. The van der Waals surface area contributed by atoms with Gasteiger partial charge in [-0.2, -0.15) is 0 Å². The van der Waals surface area contributed by atoms with Crippen LogP contribution in [0.1, 0.15) is 44.5 Å². The molecule has 9 aromatic carbocycles. The van der Waals surface area contributed by atoms with Gasteiger partial charge in [0, 0.05) is 11.4 Å². The van der Waals surface area contributed by atoms with Gasteiger partial charge in [-0.15, -0.1) is 0 Å². The van der Waals surface area contributed by atoms with E-state index in [-0.39, 0.29) is 0 Å². The van der Waals surface area contributed by atoms with Crippen molar-refractivity contribution in [2.24, 2.45) is 0 Å². The van der Waals surface area contributed by atoms with Crippen LogP contribution in [0.3, 0.4) is 0 Å². The van der Waals surface area contributed by atoms with E-state index in [1.54, 1.807) is 0 Å². The van der Waals surface area contributed by atoms with Gasteiger partial charge >= 0.3 is 0 Å². The van der Waals surface area contributed by atoms with Crippen molar-refractivity contribution < 1.29 is 0 Å². The van der Waals surface area contributed by atoms with Crippen molar-refractivity contribution in [3.8, 4) is 0 Å². The highest BCUT2D eigenvalue weighted by Crippen LogP contribution is 2.63. The third kappa shape index (κ3) is 4.85. The fraction of sp³-hybridized carbons (Fsp3) is 0.0357. The molecule has 2 heteroatoms. The van der Waals surface area contributed by atoms with Gasteiger partial charge < -0.3 is 9.80 Å². The first-order chi connectivity index (χ1) is 28.8. The number of hydrogen-bond acceptors (Lipinski definition) is 2. The van der Waals surface area contributed by atoms with Crippen molar-refractivity contribution in [3.05, 3.63) is 287 Å². The molecule has 9 aromatic rings. The molecule has 274 valence electrons. The minimum Gasteiger partial charge on any atom is -0.310 e. The number of benzene rings is 9. The quantitative estimate of drug-likeness (QED) is 0.167. The van der Waals surface area contributed by atoms with Gasteiger partial charge in [-0.3, -0.25) is 0 Å². The fourth-order valence-corrected chi connectivity index (χ4v) is 10.1. The highest BCUT2D eigenvalue weighted by molar-refractivity contribution is 5.96. The molecule has 0 fully saturated rings. The van der Waals surface area contributed by atoms with Gasteiger partial charge in [0.15, 0.2) is 0 Å². The van der Waals surface area contributed by atoms with Crippen LogP contribution in [0.2, 0.25) is 0 Å². The van der Waals surface area contributed by atoms with E-state index in [2.05, 4.69) is 252 Å². The van der Waals surface area contributed by atoms with E-state index in [0.29, 0.717) is 0 Å². The molecule has 0 radical (unpaired) electrons. The monoisotopic (exact) mass is 740 g/mol. The summed E-state index contributed by atoms with van der Waals surface area (Å²) in [6.45, 7) is 0. The van der Waals surface area contributed by atoms with Crippen LogP contribution in [0.25, 0.3) is 0 Å². The lowest BCUT2D eigenvalue weighted by atomic mass is 9.59. The standard InChI is InChI=1S/C56H40N2/c1-7-23-41(24-8-1)55(42-25-9-2-10-26-42)47-35-19-21-37-51(47)57(45-31-15-5-16-32-45)53-40-50-54(39-49(53)55)58(46-33-17-6-18-34-46)52-38-22-20-36-48(52)56(50,43-27-11-3-12-28-43)44-29-13-4-14-30-44/h1-40H. The number of rotatable bonds is 6. The second kappa shape index (κ2) is 13.7. The largest absolute Gasteiger partial charge is 0.310 e. The fourth-order valence-electron chi connectivity index (χ4n) is 10.1. The Morgan fingerprint density at radius 2 is 0.483 bits per heavy atom. The molecule has 11 rings (SSSR count). The Balaban J connectivity index is 1.38. The average Bonchev–Trinajstić information content (AvgIpc) is 3.31. The predicted molar refractivity (Wildman–Crippen MR) is 240 cm³/mol. The first-order valence-corrected chi connectivity index (χ1v) is 20.1. The van der Waals surface area contributed by atoms with Gasteiger partial charge in [0.25, 0.3) is 0 Å². The summed E-state index contributed by atoms with van der Waals surface area (Å²) in [5.74, 6) is 0. The zero-order valence-corrected chi connectivity index (χ0v) is 32.0. The Bertz CT molecular complexity index is 2590. The maximum atomic E-state index is 2.54. The normalized spacial score (nSPS) is 14.4. The minimum absolute atomic E-state index is 0.657. The molecule has 0 unspecified atom stereocenters. The van der Waals surface area contributed by atoms with Crippen molar-refractivity contribution in [2.75, 3.05) is 9.80 Å². The molecule has 2 aliphatic rings. The van der Waals surface area contributed by atoms with Crippen LogP contribution in [0.15, 0.2) is 243 Å². The minimum atomic E-state index is -0.657. The second-order valence-corrected chi connectivity index (χ2v) is 15.2. The van der Waals surface area contributed by atoms with Crippen molar-refractivity contribution in [3.63, 3.8) is 0 Å². The van der Waals surface area contributed by atoms with E-state index in [1.165, 1.54) is 44.5 Å². The molecular weight excluding hydrogens is 701 g/mol. The molecule has 2 aliphatic heterocycles. The smallest absolute Gasteiger partial charge is 0.0743 e. The SMILES string of the molecule is c1ccc(N2c3ccccc3C(c3ccccc3)(c3ccccc3)c3cc4c(cc32)C(c2ccccc2)(c2ccccc2)c2ccccc2N4c2ccccc2)cc1. The number of anilines is 6. The molecule has 0 N–H and O–H groups in total. The van der Waals surface area contributed by atoms with E-state index < -0.39 is 10.8 Å². The first-order valence-electron chi connectivity index (χ1n) is 20.1. The Hall–Kier alpha value is -7.42. The second-order valence-electron chi connectivity index (χ2n) is 15.2. The maximum absolute atomic E-state index is 2.54. The molecule has 2 nitrogen and oxygen atoms in total. The van der Waals surface area contributed by atoms with Crippen LogP contribution < -0.4 is 9.80 Å². The molecule has 2 heterocycles. The predicted octanol–water partition coefficient (Wildman–Crippen LogP) is 14.0. The summed E-state index contributed by atoms with van der Waals surface area (Å²) < 4.78 is 0. The van der Waals surface area contributed by atoms with Crippen LogP contribution in [0.4, 0.5) is 34.1 Å². The molecule has 58 heavy (non-hydrogen) atoms. The van der Waals surface area contributed by atoms with E-state index >= 15 is 0 Å². The summed E-state index contributed by atoms with van der Waals surface area (Å²) in [5.41, 5.74) is 15.4. The van der Waals surface area contributed by atoms with Gasteiger partial charge in [-0.25, -0.2) is 0 Å². The lowest BCUT2D eigenvalue weighted by Gasteiger charge is -2.50. The van der Waals surface area contributed by atoms with Crippen LogP contribution in [-0.2, 0) is 10.8 Å². The molecule has 0 bridgehead atoms. The highest BCUT2D eigenvalue weighted by atomic mass is 15.2. The lowest BCUT2D eigenvalue weighted by molar-refractivity contribution is 0.711. The molecule has 0 aromatic heterocycles. The number of hydrogen-bond donors (Lipinski definition) is 0. The summed E-state index contributed by atoms with van der Waals surface area (Å²) in [6, 6.07) is 89.5. The number of para-hydroxylation sites is 4. The first kappa shape index (κ1) is 33.9.